The summed E-state index contributed by atoms with van der Waals surface area (Å²) in [5.41, 5.74) is 2.53. The number of rotatable bonds is 5. The van der Waals surface area contributed by atoms with Crippen LogP contribution in [0.25, 0.3) is 21.3 Å². The van der Waals surface area contributed by atoms with E-state index in [9.17, 15) is 9.59 Å². The van der Waals surface area contributed by atoms with Crippen molar-refractivity contribution in [2.75, 3.05) is 6.61 Å². The van der Waals surface area contributed by atoms with Crippen molar-refractivity contribution in [1.82, 2.24) is 4.98 Å². The van der Waals surface area contributed by atoms with E-state index in [2.05, 4.69) is 4.98 Å². The van der Waals surface area contributed by atoms with Crippen molar-refractivity contribution in [2.24, 2.45) is 0 Å². The third-order valence-electron chi connectivity index (χ3n) is 3.69. The Kier molecular flexibility index (Phi) is 5.16. The molecule has 0 aliphatic carbocycles. The van der Waals surface area contributed by atoms with Crippen molar-refractivity contribution < 1.29 is 14.3 Å². The topological polar surface area (TPSA) is 56.3 Å². The molecule has 2 heterocycles. The fourth-order valence-electron chi connectivity index (χ4n) is 2.59. The van der Waals surface area contributed by atoms with Gasteiger partial charge in [-0.2, -0.15) is 0 Å². The van der Waals surface area contributed by atoms with Crippen LogP contribution in [0.5, 0.6) is 0 Å². The summed E-state index contributed by atoms with van der Waals surface area (Å²) in [6.45, 7) is 3.87. The Bertz CT molecular complexity index is 947. The van der Waals surface area contributed by atoms with E-state index in [1.54, 1.807) is 19.1 Å². The van der Waals surface area contributed by atoms with Crippen LogP contribution in [0.1, 0.15) is 28.7 Å². The first kappa shape index (κ1) is 17.6. The second-order valence-electron chi connectivity index (χ2n) is 5.52. The van der Waals surface area contributed by atoms with Crippen molar-refractivity contribution >= 4 is 44.9 Å². The lowest BCUT2D eigenvalue weighted by Gasteiger charge is -2.05. The summed E-state index contributed by atoms with van der Waals surface area (Å²) < 4.78 is 4.90. The van der Waals surface area contributed by atoms with E-state index in [0.29, 0.717) is 9.90 Å². The zero-order valence-corrected chi connectivity index (χ0v) is 15.4. The Labute approximate surface area is 154 Å². The molecule has 0 saturated heterocycles. The maximum absolute atomic E-state index is 12.7. The molecule has 6 heteroatoms. The Morgan fingerprint density at radius 1 is 1.16 bits per heavy atom. The van der Waals surface area contributed by atoms with Crippen LogP contribution in [0.4, 0.5) is 0 Å². The second-order valence-corrected chi connectivity index (χ2v) is 6.96. The number of fused-ring (bicyclic) bond motifs is 1. The monoisotopic (exact) mass is 373 g/mol. The number of benzene rings is 1. The maximum atomic E-state index is 12.7. The number of hydrogen-bond donors (Lipinski definition) is 0. The van der Waals surface area contributed by atoms with E-state index in [0.717, 1.165) is 27.0 Å². The molecular formula is C19H16ClNO3S. The standard InChI is InChI=1S/C19H16ClNO3S/c1-3-24-16(23)10-15(22)18-17(12-5-7-13(20)8-6-12)14-9-4-11(2)21-19(14)25-18/h4-9H,3,10H2,1-2H3. The Morgan fingerprint density at radius 2 is 1.88 bits per heavy atom. The molecule has 0 amide bonds. The molecule has 0 atom stereocenters. The van der Waals surface area contributed by atoms with Crippen molar-refractivity contribution in [3.8, 4) is 11.1 Å². The molecule has 3 rings (SSSR count). The van der Waals surface area contributed by atoms with E-state index in [1.807, 2.05) is 31.2 Å². The molecule has 2 aromatic heterocycles. The highest BCUT2D eigenvalue weighted by Crippen LogP contribution is 2.39. The summed E-state index contributed by atoms with van der Waals surface area (Å²) in [7, 11) is 0. The second kappa shape index (κ2) is 7.33. The number of carbonyl (C=O) groups excluding carboxylic acids is 2. The van der Waals surface area contributed by atoms with Gasteiger partial charge in [0.25, 0.3) is 0 Å². The molecule has 0 saturated carbocycles. The predicted molar refractivity (Wildman–Crippen MR) is 100 cm³/mol. The summed E-state index contributed by atoms with van der Waals surface area (Å²) >= 11 is 7.28. The third-order valence-corrected chi connectivity index (χ3v) is 5.08. The minimum Gasteiger partial charge on any atom is -0.466 e. The van der Waals surface area contributed by atoms with Gasteiger partial charge in [0.05, 0.1) is 11.5 Å². The number of carbonyl (C=O) groups is 2. The third kappa shape index (κ3) is 3.72. The molecule has 1 aromatic carbocycles. The molecule has 3 aromatic rings. The van der Waals surface area contributed by atoms with Gasteiger partial charge in [-0.1, -0.05) is 23.7 Å². The lowest BCUT2D eigenvalue weighted by atomic mass is 10.0. The van der Waals surface area contributed by atoms with Crippen molar-refractivity contribution in [1.29, 1.82) is 0 Å². The predicted octanol–water partition coefficient (Wildman–Crippen LogP) is 5.06. The SMILES string of the molecule is CCOC(=O)CC(=O)c1sc2nc(C)ccc2c1-c1ccc(Cl)cc1. The van der Waals surface area contributed by atoms with Crippen molar-refractivity contribution in [2.45, 2.75) is 20.3 Å². The molecule has 0 fully saturated rings. The molecule has 0 N–H and O–H groups in total. The van der Waals surface area contributed by atoms with Crippen LogP contribution in [0.3, 0.4) is 0 Å². The number of thiophene rings is 1. The number of nitrogens with zero attached hydrogens (tertiary/aromatic N) is 1. The molecular weight excluding hydrogens is 358 g/mol. The highest BCUT2D eigenvalue weighted by Gasteiger charge is 2.23. The van der Waals surface area contributed by atoms with E-state index in [-0.39, 0.29) is 18.8 Å². The highest BCUT2D eigenvalue weighted by molar-refractivity contribution is 7.21. The van der Waals surface area contributed by atoms with Crippen LogP contribution in [0, 0.1) is 6.92 Å². The van der Waals surface area contributed by atoms with E-state index in [4.69, 9.17) is 16.3 Å². The molecule has 0 spiro atoms. The minimum absolute atomic E-state index is 0.253. The van der Waals surface area contributed by atoms with Gasteiger partial charge in [-0.15, -0.1) is 11.3 Å². The Hall–Kier alpha value is -2.24. The number of ether oxygens (including phenoxy) is 1. The van der Waals surface area contributed by atoms with Crippen LogP contribution in [0.2, 0.25) is 5.02 Å². The van der Waals surface area contributed by atoms with E-state index >= 15 is 0 Å². The number of ketones is 1. The average molecular weight is 374 g/mol. The first-order valence-corrected chi connectivity index (χ1v) is 9.04. The van der Waals surface area contributed by atoms with Gasteiger partial charge in [0.1, 0.15) is 11.3 Å². The lowest BCUT2D eigenvalue weighted by Crippen LogP contribution is -2.11. The Morgan fingerprint density at radius 3 is 2.56 bits per heavy atom. The summed E-state index contributed by atoms with van der Waals surface area (Å²) in [4.78, 5) is 30.2. The van der Waals surface area contributed by atoms with E-state index < -0.39 is 5.97 Å². The number of Topliss-reactive ketones (excluding diaryl/α,β-unsaturated/α-hetero) is 1. The largest absolute Gasteiger partial charge is 0.466 e. The van der Waals surface area contributed by atoms with Crippen molar-refractivity contribution in [3.05, 3.63) is 52.0 Å². The van der Waals surface area contributed by atoms with Gasteiger partial charge < -0.3 is 4.74 Å². The molecule has 0 aliphatic rings. The number of pyridine rings is 1. The van der Waals surface area contributed by atoms with Gasteiger partial charge in [0, 0.05) is 21.7 Å². The summed E-state index contributed by atoms with van der Waals surface area (Å²) in [5.74, 6) is -0.778. The normalized spacial score (nSPS) is 10.8. The molecule has 0 bridgehead atoms. The van der Waals surface area contributed by atoms with Gasteiger partial charge in [-0.3, -0.25) is 9.59 Å². The van der Waals surface area contributed by atoms with Crippen LogP contribution >= 0.6 is 22.9 Å². The zero-order chi connectivity index (χ0) is 18.0. The molecule has 0 unspecified atom stereocenters. The van der Waals surface area contributed by atoms with Crippen LogP contribution < -0.4 is 0 Å². The maximum Gasteiger partial charge on any atom is 0.313 e. The summed E-state index contributed by atoms with van der Waals surface area (Å²) in [6.07, 6.45) is -0.278. The van der Waals surface area contributed by atoms with Crippen LogP contribution in [-0.2, 0) is 9.53 Å². The van der Waals surface area contributed by atoms with Gasteiger partial charge in [0.2, 0.25) is 0 Å². The number of esters is 1. The fourth-order valence-corrected chi connectivity index (χ4v) is 3.90. The van der Waals surface area contributed by atoms with Crippen LogP contribution in [-0.4, -0.2) is 23.3 Å². The van der Waals surface area contributed by atoms with Gasteiger partial charge >= 0.3 is 5.97 Å². The number of aryl methyl sites for hydroxylation is 1. The first-order valence-electron chi connectivity index (χ1n) is 7.84. The quantitative estimate of drug-likeness (QED) is 0.356. The number of halogens is 1. The number of hydrogen-bond acceptors (Lipinski definition) is 5. The van der Waals surface area contributed by atoms with E-state index in [1.165, 1.54) is 11.3 Å². The van der Waals surface area contributed by atoms with Gasteiger partial charge in [0.15, 0.2) is 5.78 Å². The molecule has 128 valence electrons. The van der Waals surface area contributed by atoms with Crippen LogP contribution in [0.15, 0.2) is 36.4 Å². The van der Waals surface area contributed by atoms with Crippen molar-refractivity contribution in [3.63, 3.8) is 0 Å². The molecule has 0 aliphatic heterocycles. The molecule has 25 heavy (non-hydrogen) atoms. The average Bonchev–Trinajstić information content (AvgIpc) is 2.94. The summed E-state index contributed by atoms with van der Waals surface area (Å²) in [6, 6.07) is 11.2. The fraction of sp³-hybridized carbons (Fsp3) is 0.211. The lowest BCUT2D eigenvalue weighted by molar-refractivity contribution is -0.141. The minimum atomic E-state index is -0.517. The smallest absolute Gasteiger partial charge is 0.313 e. The number of aromatic nitrogens is 1. The van der Waals surface area contributed by atoms with Gasteiger partial charge in [-0.25, -0.2) is 4.98 Å². The Balaban J connectivity index is 2.13. The highest BCUT2D eigenvalue weighted by atomic mass is 35.5. The summed E-state index contributed by atoms with van der Waals surface area (Å²) in [5, 5.41) is 1.52. The molecule has 4 nitrogen and oxygen atoms in total. The zero-order valence-electron chi connectivity index (χ0n) is 13.8. The molecule has 0 radical (unpaired) electrons. The first-order chi connectivity index (χ1) is 12.0. The van der Waals surface area contributed by atoms with Gasteiger partial charge in [-0.05, 0) is 43.7 Å².